The lowest BCUT2D eigenvalue weighted by molar-refractivity contribution is 0.269. The number of hydrogen-bond donors (Lipinski definition) is 1. The van der Waals surface area contributed by atoms with Crippen LogP contribution in [0.15, 0.2) is 24.5 Å². The van der Waals surface area contributed by atoms with E-state index in [1.165, 1.54) is 17.1 Å². The van der Waals surface area contributed by atoms with E-state index in [9.17, 15) is 4.39 Å². The Hall–Kier alpha value is -1.75. The van der Waals surface area contributed by atoms with Gasteiger partial charge in [0.15, 0.2) is 5.82 Å². The van der Waals surface area contributed by atoms with Gasteiger partial charge in [0.1, 0.15) is 12.1 Å². The minimum atomic E-state index is -0.332. The fourth-order valence-electron chi connectivity index (χ4n) is 1.43. The number of rotatable bonds is 3. The first-order chi connectivity index (χ1) is 9.70. The first-order valence-corrected chi connectivity index (χ1v) is 6.97. The molecule has 0 aliphatic heterocycles. The molecule has 0 aliphatic carbocycles. The summed E-state index contributed by atoms with van der Waals surface area (Å²) in [5.74, 6) is 0.00713. The Morgan fingerprint density at radius 1 is 1.20 bits per heavy atom. The standard InChI is InChI=1S/C11H12FN3O.2C2H6/c1-8-2-3-9(10(12)6-8)11-13-7-15(14-11)4-5-16;2*1-2/h2-3,6-7,16H,4-5H2,1H3;2*1-2H3. The minimum absolute atomic E-state index is 0.0147. The van der Waals surface area contributed by atoms with E-state index >= 15 is 0 Å². The van der Waals surface area contributed by atoms with Gasteiger partial charge in [-0.05, 0) is 24.6 Å². The van der Waals surface area contributed by atoms with E-state index in [2.05, 4.69) is 10.1 Å². The predicted molar refractivity (Wildman–Crippen MR) is 79.9 cm³/mol. The van der Waals surface area contributed by atoms with Gasteiger partial charge in [0.05, 0.1) is 18.7 Å². The van der Waals surface area contributed by atoms with Crippen LogP contribution in [-0.2, 0) is 6.54 Å². The highest BCUT2D eigenvalue weighted by Crippen LogP contribution is 2.19. The van der Waals surface area contributed by atoms with Gasteiger partial charge in [0.25, 0.3) is 0 Å². The highest BCUT2D eigenvalue weighted by Gasteiger charge is 2.09. The largest absolute Gasteiger partial charge is 0.394 e. The van der Waals surface area contributed by atoms with Gasteiger partial charge < -0.3 is 5.11 Å². The van der Waals surface area contributed by atoms with Crippen molar-refractivity contribution in [2.75, 3.05) is 6.61 Å². The number of aliphatic hydroxyl groups is 1. The molecule has 0 unspecified atom stereocenters. The molecule has 0 fully saturated rings. The average molecular weight is 281 g/mol. The Morgan fingerprint density at radius 2 is 1.85 bits per heavy atom. The summed E-state index contributed by atoms with van der Waals surface area (Å²) in [6.07, 6.45) is 1.48. The van der Waals surface area contributed by atoms with Crippen LogP contribution in [0.25, 0.3) is 11.4 Å². The molecule has 0 radical (unpaired) electrons. The second-order valence-corrected chi connectivity index (χ2v) is 3.54. The molecule has 1 heterocycles. The van der Waals surface area contributed by atoms with Gasteiger partial charge in [-0.2, -0.15) is 5.10 Å². The van der Waals surface area contributed by atoms with Crippen molar-refractivity contribution in [1.82, 2.24) is 14.8 Å². The molecule has 0 atom stereocenters. The van der Waals surface area contributed by atoms with E-state index in [1.54, 1.807) is 6.07 Å². The van der Waals surface area contributed by atoms with Crippen LogP contribution in [0.1, 0.15) is 33.3 Å². The number of aliphatic hydroxyl groups excluding tert-OH is 1. The van der Waals surface area contributed by atoms with Crippen molar-refractivity contribution >= 4 is 0 Å². The molecule has 0 saturated carbocycles. The number of aromatic nitrogens is 3. The van der Waals surface area contributed by atoms with Crippen molar-refractivity contribution in [3.8, 4) is 11.4 Å². The van der Waals surface area contributed by atoms with Crippen molar-refractivity contribution in [2.24, 2.45) is 0 Å². The van der Waals surface area contributed by atoms with Crippen molar-refractivity contribution in [2.45, 2.75) is 41.2 Å². The molecule has 2 aromatic rings. The highest BCUT2D eigenvalue weighted by molar-refractivity contribution is 5.55. The number of halogens is 1. The third kappa shape index (κ3) is 5.09. The van der Waals surface area contributed by atoms with E-state index in [4.69, 9.17) is 5.11 Å². The van der Waals surface area contributed by atoms with E-state index in [0.29, 0.717) is 17.9 Å². The molecule has 0 amide bonds. The smallest absolute Gasteiger partial charge is 0.184 e. The third-order valence-corrected chi connectivity index (χ3v) is 2.23. The first kappa shape index (κ1) is 18.2. The van der Waals surface area contributed by atoms with E-state index in [1.807, 2.05) is 40.7 Å². The van der Waals surface area contributed by atoms with Gasteiger partial charge in [0.2, 0.25) is 0 Å². The van der Waals surface area contributed by atoms with Crippen LogP contribution >= 0.6 is 0 Å². The van der Waals surface area contributed by atoms with E-state index in [-0.39, 0.29) is 12.4 Å². The van der Waals surface area contributed by atoms with Crippen molar-refractivity contribution in [3.05, 3.63) is 35.9 Å². The summed E-state index contributed by atoms with van der Waals surface area (Å²) in [5, 5.41) is 12.8. The molecule has 1 aromatic carbocycles. The number of hydrogen-bond acceptors (Lipinski definition) is 3. The Kier molecular flexibility index (Phi) is 9.20. The molecule has 0 bridgehead atoms. The fraction of sp³-hybridized carbons (Fsp3) is 0.467. The maximum Gasteiger partial charge on any atom is 0.184 e. The van der Waals surface area contributed by atoms with Crippen LogP contribution in [0.2, 0.25) is 0 Å². The van der Waals surface area contributed by atoms with Gasteiger partial charge in [-0.1, -0.05) is 33.8 Å². The van der Waals surface area contributed by atoms with E-state index in [0.717, 1.165) is 5.56 Å². The molecule has 5 heteroatoms. The zero-order valence-corrected chi connectivity index (χ0v) is 12.9. The maximum absolute atomic E-state index is 13.6. The summed E-state index contributed by atoms with van der Waals surface area (Å²) in [6.45, 7) is 10.2. The first-order valence-electron chi connectivity index (χ1n) is 6.97. The minimum Gasteiger partial charge on any atom is -0.394 e. The molecular formula is C15H24FN3O. The van der Waals surface area contributed by atoms with E-state index < -0.39 is 0 Å². The summed E-state index contributed by atoms with van der Waals surface area (Å²) in [4.78, 5) is 4.00. The zero-order valence-electron chi connectivity index (χ0n) is 12.9. The van der Waals surface area contributed by atoms with Crippen LogP contribution < -0.4 is 0 Å². The number of aryl methyl sites for hydroxylation is 1. The van der Waals surface area contributed by atoms with Crippen LogP contribution in [0.3, 0.4) is 0 Å². The van der Waals surface area contributed by atoms with Crippen LogP contribution in [0.4, 0.5) is 4.39 Å². The van der Waals surface area contributed by atoms with Gasteiger partial charge >= 0.3 is 0 Å². The second kappa shape index (κ2) is 10.1. The van der Waals surface area contributed by atoms with Gasteiger partial charge in [-0.25, -0.2) is 9.37 Å². The monoisotopic (exact) mass is 281 g/mol. The molecular weight excluding hydrogens is 257 g/mol. The zero-order chi connectivity index (χ0) is 15.5. The van der Waals surface area contributed by atoms with Gasteiger partial charge in [-0.3, -0.25) is 4.68 Å². The molecule has 1 N–H and O–H groups in total. The average Bonchev–Trinajstić information content (AvgIpc) is 2.92. The molecule has 20 heavy (non-hydrogen) atoms. The maximum atomic E-state index is 13.6. The molecule has 0 saturated heterocycles. The molecule has 0 aliphatic rings. The normalized spacial score (nSPS) is 9.15. The number of nitrogens with zero attached hydrogens (tertiary/aromatic N) is 3. The molecule has 1 aromatic heterocycles. The lowest BCUT2D eigenvalue weighted by Crippen LogP contribution is -2.02. The Balaban J connectivity index is 0.000000829. The van der Waals surface area contributed by atoms with Crippen LogP contribution in [0, 0.1) is 12.7 Å². The molecule has 112 valence electrons. The molecule has 4 nitrogen and oxygen atoms in total. The molecule has 2 rings (SSSR count). The van der Waals surface area contributed by atoms with Gasteiger partial charge in [-0.15, -0.1) is 0 Å². The molecule has 0 spiro atoms. The van der Waals surface area contributed by atoms with Crippen molar-refractivity contribution in [1.29, 1.82) is 0 Å². The second-order valence-electron chi connectivity index (χ2n) is 3.54. The SMILES string of the molecule is CC.CC.Cc1ccc(-c2ncn(CCO)n2)c(F)c1. The Morgan fingerprint density at radius 3 is 2.40 bits per heavy atom. The van der Waals surface area contributed by atoms with Crippen molar-refractivity contribution in [3.63, 3.8) is 0 Å². The summed E-state index contributed by atoms with van der Waals surface area (Å²) >= 11 is 0. The quantitative estimate of drug-likeness (QED) is 0.937. The lowest BCUT2D eigenvalue weighted by atomic mass is 10.1. The lowest BCUT2D eigenvalue weighted by Gasteiger charge is -1.99. The van der Waals surface area contributed by atoms with Crippen LogP contribution in [0.5, 0.6) is 0 Å². The van der Waals surface area contributed by atoms with Gasteiger partial charge in [0, 0.05) is 0 Å². The Labute approximate surface area is 120 Å². The summed E-state index contributed by atoms with van der Waals surface area (Å²) < 4.78 is 15.1. The van der Waals surface area contributed by atoms with Crippen LogP contribution in [-0.4, -0.2) is 26.5 Å². The summed E-state index contributed by atoms with van der Waals surface area (Å²) in [5.41, 5.74) is 1.23. The predicted octanol–water partition coefficient (Wildman–Crippen LogP) is 3.44. The number of benzene rings is 1. The topological polar surface area (TPSA) is 50.9 Å². The third-order valence-electron chi connectivity index (χ3n) is 2.23. The highest BCUT2D eigenvalue weighted by atomic mass is 19.1. The summed E-state index contributed by atoms with van der Waals surface area (Å²) in [6, 6.07) is 4.91. The fourth-order valence-corrected chi connectivity index (χ4v) is 1.43. The summed E-state index contributed by atoms with van der Waals surface area (Å²) in [7, 11) is 0. The van der Waals surface area contributed by atoms with Crippen molar-refractivity contribution < 1.29 is 9.50 Å². The Bertz CT molecular complexity index is 498.